The van der Waals surface area contributed by atoms with E-state index in [1.54, 1.807) is 0 Å². The van der Waals surface area contributed by atoms with Crippen molar-refractivity contribution in [2.75, 3.05) is 5.73 Å². The fraction of sp³-hybridized carbons (Fsp3) is 0. The largest absolute Gasteiger partial charge is 0.399 e. The zero-order chi connectivity index (χ0) is 8.39. The van der Waals surface area contributed by atoms with Crippen LogP contribution in [0, 0.1) is 0 Å². The highest BCUT2D eigenvalue weighted by molar-refractivity contribution is 8.22. The number of hydrogen-bond acceptors (Lipinski definition) is 1. The Labute approximate surface area is 74.9 Å². The predicted molar refractivity (Wildman–Crippen MR) is 56.4 cm³/mol. The second-order valence-corrected chi connectivity index (χ2v) is 4.61. The summed E-state index contributed by atoms with van der Waals surface area (Å²) in [4.78, 5) is 1.37. The molecule has 0 aromatic heterocycles. The van der Waals surface area contributed by atoms with Crippen LogP contribution in [0.5, 0.6) is 0 Å². The van der Waals surface area contributed by atoms with Crippen LogP contribution in [0.1, 0.15) is 0 Å². The van der Waals surface area contributed by atoms with Crippen LogP contribution in [0.2, 0.25) is 0 Å². The number of nitrogen functional groups attached to an aromatic ring is 1. The minimum absolute atomic E-state index is 0.169. The lowest BCUT2D eigenvalue weighted by atomic mass is 10.3. The Kier molecular flexibility index (Phi) is 1.92. The molecule has 0 spiro atoms. The summed E-state index contributed by atoms with van der Waals surface area (Å²) in [6.45, 7) is 0. The monoisotopic (exact) mass is 177 g/mol. The molecule has 2 rings (SSSR count). The summed E-state index contributed by atoms with van der Waals surface area (Å²) >= 11 is 0. The number of nitrogens with two attached hydrogens (primary N) is 1. The average molecular weight is 177 g/mol. The zero-order valence-electron chi connectivity index (χ0n) is 6.64. The van der Waals surface area contributed by atoms with Gasteiger partial charge in [-0.3, -0.25) is 0 Å². The third-order valence-corrected chi connectivity index (χ3v) is 3.68. The van der Waals surface area contributed by atoms with E-state index >= 15 is 0 Å². The first-order valence-corrected chi connectivity index (χ1v) is 5.33. The van der Waals surface area contributed by atoms with Gasteiger partial charge in [0.2, 0.25) is 0 Å². The van der Waals surface area contributed by atoms with Gasteiger partial charge in [0.1, 0.15) is 0 Å². The van der Waals surface area contributed by atoms with Gasteiger partial charge >= 0.3 is 0 Å². The van der Waals surface area contributed by atoms with Crippen molar-refractivity contribution in [2.45, 2.75) is 4.90 Å². The number of allylic oxidation sites excluding steroid dienone is 2. The Balaban J connectivity index is 2.29. The highest BCUT2D eigenvalue weighted by Crippen LogP contribution is 2.41. The van der Waals surface area contributed by atoms with Crippen LogP contribution in [0.4, 0.5) is 5.69 Å². The molecule has 2 heteroatoms. The quantitative estimate of drug-likeness (QED) is 0.500. The number of hydrogen-bond donors (Lipinski definition) is 2. The molecule has 1 aliphatic heterocycles. The van der Waals surface area contributed by atoms with Crippen molar-refractivity contribution >= 4 is 16.6 Å². The molecular formula is C10H11NS. The van der Waals surface area contributed by atoms with Gasteiger partial charge in [-0.1, -0.05) is 12.2 Å². The van der Waals surface area contributed by atoms with E-state index in [2.05, 4.69) is 35.1 Å². The Bertz CT molecular complexity index is 312. The molecular weight excluding hydrogens is 166 g/mol. The van der Waals surface area contributed by atoms with E-state index in [4.69, 9.17) is 5.73 Å². The average Bonchev–Trinajstić information content (AvgIpc) is 2.58. The van der Waals surface area contributed by atoms with Gasteiger partial charge in [0, 0.05) is 5.69 Å². The third-order valence-electron chi connectivity index (χ3n) is 1.80. The second-order valence-electron chi connectivity index (χ2n) is 2.68. The molecule has 1 aromatic carbocycles. The lowest BCUT2D eigenvalue weighted by Gasteiger charge is -2.09. The lowest BCUT2D eigenvalue weighted by Crippen LogP contribution is -1.83. The highest BCUT2D eigenvalue weighted by Gasteiger charge is 2.01. The van der Waals surface area contributed by atoms with Gasteiger partial charge in [0.15, 0.2) is 0 Å². The molecule has 0 bridgehead atoms. The first-order chi connectivity index (χ1) is 5.86. The zero-order valence-corrected chi connectivity index (χ0v) is 7.54. The minimum Gasteiger partial charge on any atom is -0.399 e. The van der Waals surface area contributed by atoms with Gasteiger partial charge in [-0.25, -0.2) is 0 Å². The number of thiol groups is 1. The van der Waals surface area contributed by atoms with Crippen LogP contribution in [0.25, 0.3) is 0 Å². The van der Waals surface area contributed by atoms with Crippen molar-refractivity contribution in [1.82, 2.24) is 0 Å². The molecule has 62 valence electrons. The molecule has 0 fully saturated rings. The minimum atomic E-state index is -0.169. The molecule has 0 unspecified atom stereocenters. The Morgan fingerprint density at radius 3 is 2.08 bits per heavy atom. The number of anilines is 1. The normalized spacial score (nSPS) is 17.2. The van der Waals surface area contributed by atoms with Gasteiger partial charge < -0.3 is 5.73 Å². The van der Waals surface area contributed by atoms with Gasteiger partial charge in [-0.15, -0.1) is 0 Å². The van der Waals surface area contributed by atoms with E-state index in [0.29, 0.717) is 0 Å². The molecule has 0 saturated heterocycles. The molecule has 1 aliphatic rings. The molecule has 1 aromatic rings. The van der Waals surface area contributed by atoms with Crippen molar-refractivity contribution in [2.24, 2.45) is 0 Å². The Hall–Kier alpha value is -1.15. The summed E-state index contributed by atoms with van der Waals surface area (Å²) in [6.07, 6.45) is 4.20. The summed E-state index contributed by atoms with van der Waals surface area (Å²) in [6, 6.07) is 8.11. The number of benzene rings is 1. The molecule has 12 heavy (non-hydrogen) atoms. The Morgan fingerprint density at radius 1 is 0.917 bits per heavy atom. The highest BCUT2D eigenvalue weighted by atomic mass is 32.2. The molecule has 0 atom stereocenters. The smallest absolute Gasteiger partial charge is 0.0314 e. The van der Waals surface area contributed by atoms with Crippen molar-refractivity contribution in [3.8, 4) is 0 Å². The van der Waals surface area contributed by atoms with Crippen molar-refractivity contribution < 1.29 is 0 Å². The third kappa shape index (κ3) is 1.38. The fourth-order valence-electron chi connectivity index (χ4n) is 1.15. The molecule has 1 nitrogen and oxygen atoms in total. The first-order valence-electron chi connectivity index (χ1n) is 3.85. The molecule has 0 aliphatic carbocycles. The van der Waals surface area contributed by atoms with Crippen LogP contribution in [-0.2, 0) is 0 Å². The van der Waals surface area contributed by atoms with Gasteiger partial charge in [-0.2, -0.15) is 10.9 Å². The van der Waals surface area contributed by atoms with Crippen molar-refractivity contribution in [3.63, 3.8) is 0 Å². The van der Waals surface area contributed by atoms with Crippen LogP contribution in [0.3, 0.4) is 0 Å². The lowest BCUT2D eigenvalue weighted by molar-refractivity contribution is 1.46. The van der Waals surface area contributed by atoms with Crippen molar-refractivity contribution in [1.29, 1.82) is 0 Å². The topological polar surface area (TPSA) is 26.0 Å². The summed E-state index contributed by atoms with van der Waals surface area (Å²) in [5.41, 5.74) is 6.43. The predicted octanol–water partition coefficient (Wildman–Crippen LogP) is 2.67. The maximum atomic E-state index is 5.60. The molecule has 0 saturated carbocycles. The number of rotatable bonds is 1. The van der Waals surface area contributed by atoms with Gasteiger partial charge in [-0.05, 0) is 40.0 Å². The van der Waals surface area contributed by atoms with Crippen LogP contribution in [-0.4, -0.2) is 0 Å². The van der Waals surface area contributed by atoms with Crippen molar-refractivity contribution in [3.05, 3.63) is 47.2 Å². The summed E-state index contributed by atoms with van der Waals surface area (Å²) < 4.78 is 0. The molecule has 1 heterocycles. The summed E-state index contributed by atoms with van der Waals surface area (Å²) in [5.74, 6) is 0. The second kappa shape index (κ2) is 3.07. The first kappa shape index (κ1) is 7.50. The van der Waals surface area contributed by atoms with E-state index in [0.717, 1.165) is 5.69 Å². The summed E-state index contributed by atoms with van der Waals surface area (Å²) in [5, 5.41) is 4.47. The van der Waals surface area contributed by atoms with Crippen LogP contribution < -0.4 is 5.73 Å². The fourth-order valence-corrected chi connectivity index (χ4v) is 2.66. The standard InChI is InChI=1S/C10H11NS/c11-9-3-5-10(6-4-9)12-7-1-2-8-12/h1-8,12H,11H2. The Morgan fingerprint density at radius 2 is 1.50 bits per heavy atom. The van der Waals surface area contributed by atoms with Gasteiger partial charge in [0.05, 0.1) is 0 Å². The van der Waals surface area contributed by atoms with E-state index in [-0.39, 0.29) is 10.9 Å². The maximum absolute atomic E-state index is 5.60. The van der Waals surface area contributed by atoms with E-state index in [1.165, 1.54) is 4.90 Å². The molecule has 2 N–H and O–H groups in total. The van der Waals surface area contributed by atoms with E-state index < -0.39 is 0 Å². The van der Waals surface area contributed by atoms with E-state index in [1.807, 2.05) is 12.1 Å². The molecule has 0 radical (unpaired) electrons. The SMILES string of the molecule is Nc1ccc([SH]2C=CC=C2)cc1. The van der Waals surface area contributed by atoms with Gasteiger partial charge in [0.25, 0.3) is 0 Å². The summed E-state index contributed by atoms with van der Waals surface area (Å²) in [7, 11) is -0.169. The van der Waals surface area contributed by atoms with E-state index in [9.17, 15) is 0 Å². The maximum Gasteiger partial charge on any atom is 0.0314 e. The van der Waals surface area contributed by atoms with Crippen LogP contribution in [0.15, 0.2) is 52.1 Å². The molecule has 0 amide bonds. The van der Waals surface area contributed by atoms with Crippen LogP contribution >= 0.6 is 10.9 Å².